The van der Waals surface area contributed by atoms with Gasteiger partial charge in [-0.05, 0) is 30.9 Å². The summed E-state index contributed by atoms with van der Waals surface area (Å²) in [6.07, 6.45) is 0.800. The molecule has 0 saturated carbocycles. The zero-order chi connectivity index (χ0) is 16.9. The summed E-state index contributed by atoms with van der Waals surface area (Å²) in [5, 5.41) is 1.11. The minimum atomic E-state index is 0.00742. The van der Waals surface area contributed by atoms with Gasteiger partial charge in [0.05, 0.1) is 4.88 Å². The van der Waals surface area contributed by atoms with Gasteiger partial charge in [0.2, 0.25) is 5.91 Å². The SMILES string of the molecule is CCOCC(=O)N1CCCN(C(=O)c2cc3ccccc3s2)CC1. The Balaban J connectivity index is 1.65. The standard InChI is InChI=1S/C18H22N2O3S/c1-2-23-13-17(21)19-8-5-9-20(11-10-19)18(22)16-12-14-6-3-4-7-15(14)24-16/h3-4,6-7,12H,2,5,8-11,13H2,1H3. The summed E-state index contributed by atoms with van der Waals surface area (Å²) in [5.74, 6) is 0.0725. The van der Waals surface area contributed by atoms with E-state index < -0.39 is 0 Å². The maximum Gasteiger partial charge on any atom is 0.264 e. The fourth-order valence-electron chi connectivity index (χ4n) is 2.89. The highest BCUT2D eigenvalue weighted by atomic mass is 32.1. The van der Waals surface area contributed by atoms with Crippen LogP contribution in [0.5, 0.6) is 0 Å². The van der Waals surface area contributed by atoms with E-state index in [0.29, 0.717) is 32.8 Å². The molecule has 1 fully saturated rings. The maximum atomic E-state index is 12.8. The number of nitrogens with zero attached hydrogens (tertiary/aromatic N) is 2. The highest BCUT2D eigenvalue weighted by Crippen LogP contribution is 2.26. The Labute approximate surface area is 145 Å². The Hall–Kier alpha value is -1.92. The molecule has 5 nitrogen and oxygen atoms in total. The van der Waals surface area contributed by atoms with Crippen LogP contribution in [0, 0.1) is 0 Å². The summed E-state index contributed by atoms with van der Waals surface area (Å²) in [5.41, 5.74) is 0. The van der Waals surface area contributed by atoms with Gasteiger partial charge in [0, 0.05) is 37.5 Å². The summed E-state index contributed by atoms with van der Waals surface area (Å²) in [4.78, 5) is 29.3. The van der Waals surface area contributed by atoms with E-state index in [1.165, 1.54) is 11.3 Å². The Morgan fingerprint density at radius 2 is 1.88 bits per heavy atom. The predicted octanol–water partition coefficient (Wildman–Crippen LogP) is 2.61. The number of fused-ring (bicyclic) bond motifs is 1. The smallest absolute Gasteiger partial charge is 0.264 e. The first-order chi connectivity index (χ1) is 11.7. The van der Waals surface area contributed by atoms with Crippen LogP contribution in [-0.4, -0.2) is 61.0 Å². The van der Waals surface area contributed by atoms with Crippen molar-refractivity contribution in [2.75, 3.05) is 39.4 Å². The Kier molecular flexibility index (Phi) is 5.48. The minimum absolute atomic E-state index is 0.00742. The zero-order valence-electron chi connectivity index (χ0n) is 13.9. The van der Waals surface area contributed by atoms with E-state index >= 15 is 0 Å². The monoisotopic (exact) mass is 346 g/mol. The van der Waals surface area contributed by atoms with Gasteiger partial charge in [-0.3, -0.25) is 9.59 Å². The Morgan fingerprint density at radius 3 is 2.67 bits per heavy atom. The van der Waals surface area contributed by atoms with Gasteiger partial charge in [-0.2, -0.15) is 0 Å². The molecule has 0 radical (unpaired) electrons. The maximum absolute atomic E-state index is 12.8. The van der Waals surface area contributed by atoms with Crippen molar-refractivity contribution in [1.29, 1.82) is 0 Å². The average molecular weight is 346 g/mol. The molecule has 0 bridgehead atoms. The summed E-state index contributed by atoms with van der Waals surface area (Å²) in [6.45, 7) is 5.05. The molecule has 1 saturated heterocycles. The number of thiophene rings is 1. The average Bonchev–Trinajstić information content (AvgIpc) is 2.88. The van der Waals surface area contributed by atoms with Crippen LogP contribution in [-0.2, 0) is 9.53 Å². The number of hydrogen-bond donors (Lipinski definition) is 0. The molecule has 3 rings (SSSR count). The first kappa shape index (κ1) is 16.9. The fraction of sp³-hybridized carbons (Fsp3) is 0.444. The van der Waals surface area contributed by atoms with Crippen LogP contribution in [0.3, 0.4) is 0 Å². The van der Waals surface area contributed by atoms with Crippen molar-refractivity contribution in [3.63, 3.8) is 0 Å². The van der Waals surface area contributed by atoms with Gasteiger partial charge in [0.1, 0.15) is 6.61 Å². The Bertz CT molecular complexity index is 695. The highest BCUT2D eigenvalue weighted by Gasteiger charge is 2.23. The first-order valence-corrected chi connectivity index (χ1v) is 9.14. The van der Waals surface area contributed by atoms with Crippen LogP contribution in [0.1, 0.15) is 23.0 Å². The van der Waals surface area contributed by atoms with Gasteiger partial charge in [-0.25, -0.2) is 0 Å². The van der Waals surface area contributed by atoms with E-state index in [4.69, 9.17) is 4.74 Å². The van der Waals surface area contributed by atoms with Crippen molar-refractivity contribution < 1.29 is 14.3 Å². The number of carbonyl (C=O) groups excluding carboxylic acids is 2. The molecular weight excluding hydrogens is 324 g/mol. The van der Waals surface area contributed by atoms with Gasteiger partial charge in [-0.15, -0.1) is 11.3 Å². The van der Waals surface area contributed by atoms with Crippen molar-refractivity contribution in [2.24, 2.45) is 0 Å². The van der Waals surface area contributed by atoms with Crippen molar-refractivity contribution in [3.05, 3.63) is 35.2 Å². The lowest BCUT2D eigenvalue weighted by Crippen LogP contribution is -2.38. The predicted molar refractivity (Wildman–Crippen MR) is 95.4 cm³/mol. The van der Waals surface area contributed by atoms with Gasteiger partial charge in [0.15, 0.2) is 0 Å². The summed E-state index contributed by atoms with van der Waals surface area (Å²) < 4.78 is 6.33. The van der Waals surface area contributed by atoms with Gasteiger partial charge in [0.25, 0.3) is 5.91 Å². The third-order valence-electron chi connectivity index (χ3n) is 4.20. The number of ether oxygens (including phenoxy) is 1. The lowest BCUT2D eigenvalue weighted by molar-refractivity contribution is -0.135. The molecule has 24 heavy (non-hydrogen) atoms. The molecule has 0 N–H and O–H groups in total. The number of rotatable bonds is 4. The van der Waals surface area contributed by atoms with Crippen LogP contribution >= 0.6 is 11.3 Å². The van der Waals surface area contributed by atoms with E-state index in [2.05, 4.69) is 0 Å². The van der Waals surface area contributed by atoms with Crippen molar-refractivity contribution in [2.45, 2.75) is 13.3 Å². The van der Waals surface area contributed by atoms with Crippen LogP contribution in [0.4, 0.5) is 0 Å². The number of hydrogen-bond acceptors (Lipinski definition) is 4. The minimum Gasteiger partial charge on any atom is -0.372 e. The fourth-order valence-corrected chi connectivity index (χ4v) is 3.92. The van der Waals surface area contributed by atoms with Crippen molar-refractivity contribution >= 4 is 33.2 Å². The van der Waals surface area contributed by atoms with Crippen LogP contribution in [0.25, 0.3) is 10.1 Å². The van der Waals surface area contributed by atoms with Crippen LogP contribution in [0.2, 0.25) is 0 Å². The lowest BCUT2D eigenvalue weighted by atomic mass is 10.2. The van der Waals surface area contributed by atoms with Crippen molar-refractivity contribution in [1.82, 2.24) is 9.80 Å². The second kappa shape index (κ2) is 7.77. The second-order valence-electron chi connectivity index (χ2n) is 5.81. The molecule has 2 heterocycles. The molecule has 0 aliphatic carbocycles. The van der Waals surface area contributed by atoms with E-state index in [9.17, 15) is 9.59 Å². The largest absolute Gasteiger partial charge is 0.372 e. The third kappa shape index (κ3) is 3.76. The molecule has 1 aromatic heterocycles. The number of carbonyl (C=O) groups is 2. The summed E-state index contributed by atoms with van der Waals surface area (Å²) in [6, 6.07) is 10.00. The molecule has 6 heteroatoms. The molecule has 1 aromatic carbocycles. The van der Waals surface area contributed by atoms with Crippen molar-refractivity contribution in [3.8, 4) is 0 Å². The molecule has 128 valence electrons. The topological polar surface area (TPSA) is 49.9 Å². The van der Waals surface area contributed by atoms with Gasteiger partial charge >= 0.3 is 0 Å². The molecule has 0 spiro atoms. The molecule has 0 atom stereocenters. The molecule has 1 aliphatic rings. The number of amides is 2. The Morgan fingerprint density at radius 1 is 1.12 bits per heavy atom. The summed E-state index contributed by atoms with van der Waals surface area (Å²) in [7, 11) is 0. The molecule has 2 amide bonds. The summed E-state index contributed by atoms with van der Waals surface area (Å²) >= 11 is 1.53. The first-order valence-electron chi connectivity index (χ1n) is 8.32. The zero-order valence-corrected chi connectivity index (χ0v) is 14.7. The van der Waals surface area contributed by atoms with Gasteiger partial charge in [-0.1, -0.05) is 18.2 Å². The highest BCUT2D eigenvalue weighted by molar-refractivity contribution is 7.20. The molecule has 0 unspecified atom stereocenters. The quantitative estimate of drug-likeness (QED) is 0.855. The van der Waals surface area contributed by atoms with E-state index in [1.54, 1.807) is 4.90 Å². The third-order valence-corrected chi connectivity index (χ3v) is 5.31. The lowest BCUT2D eigenvalue weighted by Gasteiger charge is -2.21. The van der Waals surface area contributed by atoms with E-state index in [1.807, 2.05) is 42.2 Å². The van der Waals surface area contributed by atoms with Crippen LogP contribution < -0.4 is 0 Å². The van der Waals surface area contributed by atoms with E-state index in [-0.39, 0.29) is 18.4 Å². The van der Waals surface area contributed by atoms with E-state index in [0.717, 1.165) is 21.4 Å². The molecule has 2 aromatic rings. The van der Waals surface area contributed by atoms with Crippen LogP contribution in [0.15, 0.2) is 30.3 Å². The molecule has 1 aliphatic heterocycles. The normalized spacial score (nSPS) is 15.5. The second-order valence-corrected chi connectivity index (χ2v) is 6.90. The molecular formula is C18H22N2O3S. The van der Waals surface area contributed by atoms with Gasteiger partial charge < -0.3 is 14.5 Å². The number of benzene rings is 1.